The Morgan fingerprint density at radius 3 is 3.00 bits per heavy atom. The summed E-state index contributed by atoms with van der Waals surface area (Å²) in [5, 5.41) is 0. The lowest BCUT2D eigenvalue weighted by Gasteiger charge is -2.03. The molecule has 92 valence electrons. The van der Waals surface area contributed by atoms with Crippen LogP contribution in [0.1, 0.15) is 25.3 Å². The number of benzene rings is 1. The monoisotopic (exact) mass is 236 g/mol. The smallest absolute Gasteiger partial charge is 0.305 e. The van der Waals surface area contributed by atoms with Crippen LogP contribution in [0.4, 0.5) is 0 Å². The van der Waals surface area contributed by atoms with Crippen molar-refractivity contribution >= 4 is 5.97 Å². The van der Waals surface area contributed by atoms with E-state index in [1.165, 1.54) is 0 Å². The van der Waals surface area contributed by atoms with Gasteiger partial charge in [0, 0.05) is 6.42 Å². The van der Waals surface area contributed by atoms with E-state index in [9.17, 15) is 4.79 Å². The van der Waals surface area contributed by atoms with Gasteiger partial charge in [-0.05, 0) is 37.5 Å². The van der Waals surface area contributed by atoms with Gasteiger partial charge in [-0.15, -0.1) is 0 Å². The van der Waals surface area contributed by atoms with Crippen LogP contribution in [0.2, 0.25) is 0 Å². The minimum absolute atomic E-state index is 0.131. The predicted molar refractivity (Wildman–Crippen MR) is 62.1 cm³/mol. The molecule has 0 aromatic heterocycles. The molecule has 1 aromatic carbocycles. The van der Waals surface area contributed by atoms with Gasteiger partial charge >= 0.3 is 5.97 Å². The van der Waals surface area contributed by atoms with Crippen LogP contribution in [-0.2, 0) is 16.0 Å². The third kappa shape index (κ3) is 3.12. The van der Waals surface area contributed by atoms with Crippen molar-refractivity contribution in [3.05, 3.63) is 23.8 Å². The Bertz CT molecular complexity index is 400. The average molecular weight is 236 g/mol. The van der Waals surface area contributed by atoms with Crippen molar-refractivity contribution in [2.45, 2.75) is 26.2 Å². The molecular formula is C13H16O4. The fourth-order valence-corrected chi connectivity index (χ4v) is 1.77. The summed E-state index contributed by atoms with van der Waals surface area (Å²) in [6.07, 6.45) is 2.09. The lowest BCUT2D eigenvalue weighted by atomic mass is 10.1. The van der Waals surface area contributed by atoms with Crippen LogP contribution >= 0.6 is 0 Å². The number of hydrogen-bond acceptors (Lipinski definition) is 4. The summed E-state index contributed by atoms with van der Waals surface area (Å²) in [5.74, 6) is 1.45. The fourth-order valence-electron chi connectivity index (χ4n) is 1.77. The minimum Gasteiger partial charge on any atom is -0.466 e. The second-order valence-electron chi connectivity index (χ2n) is 3.85. The normalized spacial score (nSPS) is 12.5. The van der Waals surface area contributed by atoms with Crippen LogP contribution in [0, 0.1) is 0 Å². The molecule has 0 amide bonds. The lowest BCUT2D eigenvalue weighted by molar-refractivity contribution is -0.143. The van der Waals surface area contributed by atoms with E-state index in [2.05, 4.69) is 0 Å². The van der Waals surface area contributed by atoms with Gasteiger partial charge in [0.1, 0.15) is 0 Å². The number of rotatable bonds is 5. The predicted octanol–water partition coefficient (Wildman–Crippen LogP) is 2.30. The number of carbonyl (C=O) groups excluding carboxylic acids is 1. The molecule has 1 aliphatic heterocycles. The van der Waals surface area contributed by atoms with E-state index in [0.29, 0.717) is 19.8 Å². The standard InChI is InChI=1S/C13H16O4/c1-2-15-13(14)5-3-4-10-6-7-11-12(8-10)17-9-16-11/h6-8H,2-5,9H2,1H3. The molecule has 0 saturated carbocycles. The van der Waals surface area contributed by atoms with Crippen molar-refractivity contribution < 1.29 is 19.0 Å². The Morgan fingerprint density at radius 2 is 2.18 bits per heavy atom. The fraction of sp³-hybridized carbons (Fsp3) is 0.462. The number of ether oxygens (including phenoxy) is 3. The quantitative estimate of drug-likeness (QED) is 0.736. The van der Waals surface area contributed by atoms with Crippen LogP contribution in [-0.4, -0.2) is 19.4 Å². The van der Waals surface area contributed by atoms with E-state index in [1.54, 1.807) is 0 Å². The Kier molecular flexibility index (Phi) is 3.85. The highest BCUT2D eigenvalue weighted by Crippen LogP contribution is 2.32. The maximum Gasteiger partial charge on any atom is 0.305 e. The molecule has 0 saturated heterocycles. The van der Waals surface area contributed by atoms with Crippen LogP contribution in [0.15, 0.2) is 18.2 Å². The highest BCUT2D eigenvalue weighted by atomic mass is 16.7. The van der Waals surface area contributed by atoms with Gasteiger partial charge in [-0.2, -0.15) is 0 Å². The first-order valence-corrected chi connectivity index (χ1v) is 5.83. The van der Waals surface area contributed by atoms with E-state index < -0.39 is 0 Å². The summed E-state index contributed by atoms with van der Waals surface area (Å²) >= 11 is 0. The van der Waals surface area contributed by atoms with Gasteiger partial charge in [0.25, 0.3) is 0 Å². The van der Waals surface area contributed by atoms with Gasteiger partial charge in [0.05, 0.1) is 6.61 Å². The van der Waals surface area contributed by atoms with Gasteiger partial charge in [-0.1, -0.05) is 6.07 Å². The average Bonchev–Trinajstić information content (AvgIpc) is 2.76. The highest BCUT2D eigenvalue weighted by molar-refractivity contribution is 5.69. The summed E-state index contributed by atoms with van der Waals surface area (Å²) in [5.41, 5.74) is 1.15. The maximum atomic E-state index is 11.2. The van der Waals surface area contributed by atoms with Crippen molar-refractivity contribution in [2.75, 3.05) is 13.4 Å². The molecule has 0 fully saturated rings. The zero-order chi connectivity index (χ0) is 12.1. The number of aryl methyl sites for hydroxylation is 1. The molecule has 0 bridgehead atoms. The van der Waals surface area contributed by atoms with Crippen molar-refractivity contribution in [3.8, 4) is 11.5 Å². The van der Waals surface area contributed by atoms with E-state index in [4.69, 9.17) is 14.2 Å². The molecule has 0 aliphatic carbocycles. The molecule has 1 aromatic rings. The minimum atomic E-state index is -0.131. The molecule has 0 unspecified atom stereocenters. The first-order chi connectivity index (χ1) is 8.29. The van der Waals surface area contributed by atoms with Gasteiger partial charge in [-0.3, -0.25) is 4.79 Å². The zero-order valence-electron chi connectivity index (χ0n) is 9.90. The third-order valence-electron chi connectivity index (χ3n) is 2.59. The van der Waals surface area contributed by atoms with E-state index in [0.717, 1.165) is 29.9 Å². The second kappa shape index (κ2) is 5.57. The maximum absolute atomic E-state index is 11.2. The van der Waals surface area contributed by atoms with E-state index >= 15 is 0 Å². The largest absolute Gasteiger partial charge is 0.466 e. The molecule has 0 radical (unpaired) electrons. The van der Waals surface area contributed by atoms with Crippen molar-refractivity contribution in [2.24, 2.45) is 0 Å². The molecule has 0 atom stereocenters. The van der Waals surface area contributed by atoms with Gasteiger partial charge < -0.3 is 14.2 Å². The number of esters is 1. The third-order valence-corrected chi connectivity index (χ3v) is 2.59. The lowest BCUT2D eigenvalue weighted by Crippen LogP contribution is -2.03. The molecule has 2 rings (SSSR count). The molecule has 0 spiro atoms. The van der Waals surface area contributed by atoms with Crippen molar-refractivity contribution in [3.63, 3.8) is 0 Å². The molecular weight excluding hydrogens is 220 g/mol. The van der Waals surface area contributed by atoms with Gasteiger partial charge in [-0.25, -0.2) is 0 Å². The number of carbonyl (C=O) groups is 1. The van der Waals surface area contributed by atoms with Crippen LogP contribution in [0.3, 0.4) is 0 Å². The second-order valence-corrected chi connectivity index (χ2v) is 3.85. The van der Waals surface area contributed by atoms with Gasteiger partial charge in [0.2, 0.25) is 6.79 Å². The Balaban J connectivity index is 1.81. The molecule has 1 aliphatic rings. The summed E-state index contributed by atoms with van der Waals surface area (Å²) in [7, 11) is 0. The molecule has 4 nitrogen and oxygen atoms in total. The Morgan fingerprint density at radius 1 is 1.35 bits per heavy atom. The first kappa shape index (κ1) is 11.8. The molecule has 1 heterocycles. The zero-order valence-corrected chi connectivity index (χ0v) is 9.90. The molecule has 0 N–H and O–H groups in total. The van der Waals surface area contributed by atoms with Crippen LogP contribution < -0.4 is 9.47 Å². The van der Waals surface area contributed by atoms with Crippen LogP contribution in [0.25, 0.3) is 0 Å². The van der Waals surface area contributed by atoms with Crippen molar-refractivity contribution in [1.29, 1.82) is 0 Å². The highest BCUT2D eigenvalue weighted by Gasteiger charge is 2.13. The molecule has 17 heavy (non-hydrogen) atoms. The summed E-state index contributed by atoms with van der Waals surface area (Å²) in [6, 6.07) is 5.87. The summed E-state index contributed by atoms with van der Waals surface area (Å²) in [6.45, 7) is 2.56. The first-order valence-electron chi connectivity index (χ1n) is 5.83. The number of hydrogen-bond donors (Lipinski definition) is 0. The number of fused-ring (bicyclic) bond motifs is 1. The SMILES string of the molecule is CCOC(=O)CCCc1ccc2c(c1)OCO2. The summed E-state index contributed by atoms with van der Waals surface area (Å²) in [4.78, 5) is 11.2. The molecule has 4 heteroatoms. The summed E-state index contributed by atoms with van der Waals surface area (Å²) < 4.78 is 15.4. The Hall–Kier alpha value is -1.71. The Labute approximate surface area is 100 Å². The topological polar surface area (TPSA) is 44.8 Å². The van der Waals surface area contributed by atoms with E-state index in [1.807, 2.05) is 25.1 Å². The van der Waals surface area contributed by atoms with Gasteiger partial charge in [0.15, 0.2) is 11.5 Å². The van der Waals surface area contributed by atoms with Crippen LogP contribution in [0.5, 0.6) is 11.5 Å². The van der Waals surface area contributed by atoms with Crippen molar-refractivity contribution in [1.82, 2.24) is 0 Å². The van der Waals surface area contributed by atoms with E-state index in [-0.39, 0.29) is 5.97 Å².